The molecule has 2 aromatic rings. The fraction of sp³-hybridized carbons (Fsp3) is 0.500. The van der Waals surface area contributed by atoms with Crippen LogP contribution in [0.5, 0.6) is 0 Å². The van der Waals surface area contributed by atoms with Crippen LogP contribution < -0.4 is 15.8 Å². The molecule has 6 heteroatoms. The van der Waals surface area contributed by atoms with Gasteiger partial charge in [-0.15, -0.1) is 0 Å². The normalized spacial score (nSPS) is 16.1. The van der Waals surface area contributed by atoms with Gasteiger partial charge in [0.15, 0.2) is 5.82 Å². The summed E-state index contributed by atoms with van der Waals surface area (Å²) in [6.45, 7) is 5.37. The van der Waals surface area contributed by atoms with Gasteiger partial charge in [-0.3, -0.25) is 4.79 Å². The Morgan fingerprint density at radius 1 is 1.41 bits per heavy atom. The number of hydrogen-bond donors (Lipinski definition) is 1. The Morgan fingerprint density at radius 3 is 2.91 bits per heavy atom. The van der Waals surface area contributed by atoms with E-state index in [2.05, 4.69) is 32.0 Å². The maximum Gasteiger partial charge on any atom is 0.293 e. The molecule has 0 spiro atoms. The second-order valence-corrected chi connectivity index (χ2v) is 6.40. The minimum atomic E-state index is 0.0229. The Morgan fingerprint density at radius 2 is 2.23 bits per heavy atom. The molecule has 22 heavy (non-hydrogen) atoms. The zero-order valence-electron chi connectivity index (χ0n) is 12.9. The molecule has 0 unspecified atom stereocenters. The molecule has 5 nitrogen and oxygen atoms in total. The minimum absolute atomic E-state index is 0.0229. The van der Waals surface area contributed by atoms with Gasteiger partial charge in [-0.2, -0.15) is 11.3 Å². The largest absolute Gasteiger partial charge is 0.352 e. The first kappa shape index (κ1) is 15.2. The smallest absolute Gasteiger partial charge is 0.293 e. The molecule has 1 N–H and O–H groups in total. The van der Waals surface area contributed by atoms with E-state index in [0.717, 1.165) is 32.5 Å². The zero-order chi connectivity index (χ0) is 15.4. The van der Waals surface area contributed by atoms with Crippen molar-refractivity contribution in [3.63, 3.8) is 0 Å². The molecule has 0 radical (unpaired) electrons. The fourth-order valence-corrected chi connectivity index (χ4v) is 3.52. The molecule has 0 saturated carbocycles. The fourth-order valence-electron chi connectivity index (χ4n) is 2.85. The third-order valence-electron chi connectivity index (χ3n) is 4.21. The van der Waals surface area contributed by atoms with Gasteiger partial charge < -0.3 is 14.8 Å². The molecular weight excluding hydrogens is 296 g/mol. The Bertz CT molecular complexity index is 644. The number of aryl methyl sites for hydroxylation is 1. The van der Waals surface area contributed by atoms with Crippen molar-refractivity contribution in [2.24, 2.45) is 0 Å². The summed E-state index contributed by atoms with van der Waals surface area (Å²) in [5.74, 6) is 0.598. The Kier molecular flexibility index (Phi) is 4.90. The molecule has 1 aliphatic rings. The molecule has 3 rings (SSSR count). The number of hydrogen-bond acceptors (Lipinski definition) is 5. The highest BCUT2D eigenvalue weighted by atomic mass is 32.1. The first-order valence-electron chi connectivity index (χ1n) is 7.82. The average Bonchev–Trinajstić information content (AvgIpc) is 3.07. The number of rotatable bonds is 5. The molecule has 0 bridgehead atoms. The summed E-state index contributed by atoms with van der Waals surface area (Å²) >= 11 is 1.74. The SMILES string of the molecule is CCn1ccnc(N2CCC(NCc3ccsc3)CC2)c1=O. The number of nitrogens with zero attached hydrogens (tertiary/aromatic N) is 3. The highest BCUT2D eigenvalue weighted by Crippen LogP contribution is 2.15. The topological polar surface area (TPSA) is 50.2 Å². The quantitative estimate of drug-likeness (QED) is 0.917. The molecule has 0 aliphatic carbocycles. The van der Waals surface area contributed by atoms with Gasteiger partial charge in [0.1, 0.15) is 0 Å². The summed E-state index contributed by atoms with van der Waals surface area (Å²) in [5, 5.41) is 7.90. The van der Waals surface area contributed by atoms with Crippen molar-refractivity contribution >= 4 is 17.2 Å². The Labute approximate surface area is 134 Å². The van der Waals surface area contributed by atoms with Crippen LogP contribution in [0.25, 0.3) is 0 Å². The lowest BCUT2D eigenvalue weighted by atomic mass is 10.0. The van der Waals surface area contributed by atoms with Crippen LogP contribution in [0.15, 0.2) is 34.0 Å². The Balaban J connectivity index is 1.56. The van der Waals surface area contributed by atoms with Crippen molar-refractivity contribution in [1.29, 1.82) is 0 Å². The molecule has 0 aromatic carbocycles. The van der Waals surface area contributed by atoms with Gasteiger partial charge in [-0.1, -0.05) is 0 Å². The monoisotopic (exact) mass is 318 g/mol. The standard InChI is InChI=1S/C16H22N4OS/c1-2-19-9-6-17-15(16(19)21)20-7-3-14(4-8-20)18-11-13-5-10-22-12-13/h5-6,9-10,12,14,18H,2-4,7-8,11H2,1H3. The summed E-state index contributed by atoms with van der Waals surface area (Å²) in [6.07, 6.45) is 5.57. The second-order valence-electron chi connectivity index (χ2n) is 5.62. The molecule has 2 aromatic heterocycles. The number of aromatic nitrogens is 2. The van der Waals surface area contributed by atoms with E-state index in [-0.39, 0.29) is 5.56 Å². The van der Waals surface area contributed by atoms with Crippen LogP contribution in [0.3, 0.4) is 0 Å². The maximum atomic E-state index is 12.3. The summed E-state index contributed by atoms with van der Waals surface area (Å²) in [4.78, 5) is 18.7. The van der Waals surface area contributed by atoms with Crippen LogP contribution in [0.2, 0.25) is 0 Å². The van der Waals surface area contributed by atoms with Gasteiger partial charge in [0.25, 0.3) is 5.56 Å². The third kappa shape index (κ3) is 3.39. The number of piperidine rings is 1. The highest BCUT2D eigenvalue weighted by molar-refractivity contribution is 7.07. The van der Waals surface area contributed by atoms with Crippen LogP contribution in [-0.4, -0.2) is 28.7 Å². The molecule has 1 aliphatic heterocycles. The van der Waals surface area contributed by atoms with E-state index in [9.17, 15) is 4.79 Å². The van der Waals surface area contributed by atoms with E-state index in [1.54, 1.807) is 28.3 Å². The molecule has 1 saturated heterocycles. The summed E-state index contributed by atoms with van der Waals surface area (Å²) < 4.78 is 1.71. The van der Waals surface area contributed by atoms with Gasteiger partial charge in [0.2, 0.25) is 0 Å². The zero-order valence-corrected chi connectivity index (χ0v) is 13.7. The van der Waals surface area contributed by atoms with E-state index in [1.165, 1.54) is 5.56 Å². The summed E-state index contributed by atoms with van der Waals surface area (Å²) in [7, 11) is 0. The molecule has 3 heterocycles. The average molecular weight is 318 g/mol. The van der Waals surface area contributed by atoms with Gasteiger partial charge in [-0.05, 0) is 42.2 Å². The van der Waals surface area contributed by atoms with E-state index in [1.807, 2.05) is 6.92 Å². The summed E-state index contributed by atoms with van der Waals surface area (Å²) in [6, 6.07) is 2.68. The van der Waals surface area contributed by atoms with Crippen LogP contribution in [0.4, 0.5) is 5.82 Å². The number of nitrogens with one attached hydrogen (secondary N) is 1. The molecule has 0 atom stereocenters. The van der Waals surface area contributed by atoms with E-state index in [0.29, 0.717) is 18.4 Å². The highest BCUT2D eigenvalue weighted by Gasteiger charge is 2.21. The number of anilines is 1. The van der Waals surface area contributed by atoms with Gasteiger partial charge in [0, 0.05) is 44.6 Å². The van der Waals surface area contributed by atoms with Crippen molar-refractivity contribution in [3.05, 3.63) is 45.1 Å². The van der Waals surface area contributed by atoms with E-state index < -0.39 is 0 Å². The Hall–Kier alpha value is -1.66. The van der Waals surface area contributed by atoms with Crippen LogP contribution >= 0.6 is 11.3 Å². The van der Waals surface area contributed by atoms with E-state index in [4.69, 9.17) is 0 Å². The predicted octanol–water partition coefficient (Wildman–Crippen LogP) is 2.08. The van der Waals surface area contributed by atoms with Crippen molar-refractivity contribution in [3.8, 4) is 0 Å². The lowest BCUT2D eigenvalue weighted by Crippen LogP contribution is -2.44. The van der Waals surface area contributed by atoms with Gasteiger partial charge >= 0.3 is 0 Å². The predicted molar refractivity (Wildman–Crippen MR) is 90.6 cm³/mol. The van der Waals surface area contributed by atoms with Crippen molar-refractivity contribution < 1.29 is 0 Å². The molecule has 0 amide bonds. The lowest BCUT2D eigenvalue weighted by Gasteiger charge is -2.32. The molecular formula is C16H22N4OS. The first-order valence-corrected chi connectivity index (χ1v) is 8.77. The van der Waals surface area contributed by atoms with Crippen molar-refractivity contribution in [1.82, 2.24) is 14.9 Å². The first-order chi connectivity index (χ1) is 10.8. The lowest BCUT2D eigenvalue weighted by molar-refractivity contribution is 0.412. The third-order valence-corrected chi connectivity index (χ3v) is 4.94. The second kappa shape index (κ2) is 7.07. The van der Waals surface area contributed by atoms with Gasteiger partial charge in [0.05, 0.1) is 0 Å². The van der Waals surface area contributed by atoms with Crippen molar-refractivity contribution in [2.45, 2.75) is 38.9 Å². The van der Waals surface area contributed by atoms with Crippen LogP contribution in [0.1, 0.15) is 25.3 Å². The minimum Gasteiger partial charge on any atom is -0.352 e. The van der Waals surface area contributed by atoms with Gasteiger partial charge in [-0.25, -0.2) is 4.98 Å². The van der Waals surface area contributed by atoms with E-state index >= 15 is 0 Å². The van der Waals surface area contributed by atoms with Crippen LogP contribution in [-0.2, 0) is 13.1 Å². The van der Waals surface area contributed by atoms with Crippen molar-refractivity contribution in [2.75, 3.05) is 18.0 Å². The van der Waals surface area contributed by atoms with Crippen LogP contribution in [0, 0.1) is 0 Å². The molecule has 118 valence electrons. The maximum absolute atomic E-state index is 12.3. The molecule has 1 fully saturated rings. The summed E-state index contributed by atoms with van der Waals surface area (Å²) in [5.41, 5.74) is 1.37. The number of thiophene rings is 1.